The summed E-state index contributed by atoms with van der Waals surface area (Å²) in [5, 5.41) is 0. The molecule has 0 N–H and O–H groups in total. The molecule has 1 aliphatic heterocycles. The molecule has 0 radical (unpaired) electrons. The van der Waals surface area contributed by atoms with E-state index < -0.39 is 30.2 Å². The van der Waals surface area contributed by atoms with Gasteiger partial charge in [-0.25, -0.2) is 19.2 Å². The van der Waals surface area contributed by atoms with Crippen molar-refractivity contribution in [2.24, 2.45) is 0 Å². The molecule has 0 saturated carbocycles. The summed E-state index contributed by atoms with van der Waals surface area (Å²) in [7, 11) is 0. The SMILES string of the molecule is C=C(C)C(=O)OC(C)OC(=O)c1ccc2c(c1)C(=O)OC2=O. The Hall–Kier alpha value is -2.96. The Bertz CT molecular complexity index is 702. The number of hydrogen-bond acceptors (Lipinski definition) is 7. The van der Waals surface area contributed by atoms with Crippen LogP contribution in [0, 0.1) is 0 Å². The van der Waals surface area contributed by atoms with Gasteiger partial charge in [0.05, 0.1) is 16.7 Å². The van der Waals surface area contributed by atoms with Gasteiger partial charge in [0.25, 0.3) is 0 Å². The normalized spacial score (nSPS) is 13.9. The summed E-state index contributed by atoms with van der Waals surface area (Å²) >= 11 is 0. The average Bonchev–Trinajstić information content (AvgIpc) is 2.73. The van der Waals surface area contributed by atoms with Crippen molar-refractivity contribution >= 4 is 23.9 Å². The van der Waals surface area contributed by atoms with Gasteiger partial charge in [-0.05, 0) is 25.1 Å². The number of carbonyl (C=O) groups excluding carboxylic acids is 4. The number of benzene rings is 1. The van der Waals surface area contributed by atoms with E-state index >= 15 is 0 Å². The van der Waals surface area contributed by atoms with Crippen molar-refractivity contribution in [1.82, 2.24) is 0 Å². The van der Waals surface area contributed by atoms with Gasteiger partial charge in [-0.2, -0.15) is 0 Å². The molecule has 1 unspecified atom stereocenters. The average molecular weight is 304 g/mol. The summed E-state index contributed by atoms with van der Waals surface area (Å²) in [6, 6.07) is 3.80. The lowest BCUT2D eigenvalue weighted by atomic mass is 10.1. The molecular weight excluding hydrogens is 292 g/mol. The lowest BCUT2D eigenvalue weighted by Crippen LogP contribution is -2.22. The van der Waals surface area contributed by atoms with E-state index in [4.69, 9.17) is 9.47 Å². The van der Waals surface area contributed by atoms with E-state index in [1.165, 1.54) is 32.0 Å². The van der Waals surface area contributed by atoms with Crippen molar-refractivity contribution < 1.29 is 33.4 Å². The van der Waals surface area contributed by atoms with Crippen LogP contribution >= 0.6 is 0 Å². The molecule has 0 saturated heterocycles. The van der Waals surface area contributed by atoms with Gasteiger partial charge in [0.1, 0.15) is 0 Å². The van der Waals surface area contributed by atoms with Crippen LogP contribution < -0.4 is 0 Å². The lowest BCUT2D eigenvalue weighted by molar-refractivity contribution is -0.160. The molecule has 0 aromatic heterocycles. The van der Waals surface area contributed by atoms with Gasteiger partial charge in [0.15, 0.2) is 0 Å². The van der Waals surface area contributed by atoms with Crippen LogP contribution in [0.25, 0.3) is 0 Å². The van der Waals surface area contributed by atoms with Gasteiger partial charge in [-0.1, -0.05) is 6.58 Å². The largest absolute Gasteiger partial charge is 0.422 e. The molecule has 1 aliphatic rings. The summed E-state index contributed by atoms with van der Waals surface area (Å²) in [6.07, 6.45) is -1.13. The van der Waals surface area contributed by atoms with E-state index in [2.05, 4.69) is 11.3 Å². The number of rotatable bonds is 4. The van der Waals surface area contributed by atoms with E-state index in [0.29, 0.717) is 0 Å². The lowest BCUT2D eigenvalue weighted by Gasteiger charge is -2.14. The predicted octanol–water partition coefficient (Wildman–Crippen LogP) is 1.62. The monoisotopic (exact) mass is 304 g/mol. The maximum atomic E-state index is 11.9. The van der Waals surface area contributed by atoms with Gasteiger partial charge in [-0.15, -0.1) is 0 Å². The van der Waals surface area contributed by atoms with Crippen LogP contribution in [0.2, 0.25) is 0 Å². The number of hydrogen-bond donors (Lipinski definition) is 0. The standard InChI is InChI=1S/C15H12O7/c1-7(2)12(16)20-8(3)21-13(17)9-4-5-10-11(6-9)15(19)22-14(10)18/h4-6,8H,1H2,2-3H3. The van der Waals surface area contributed by atoms with E-state index in [1.807, 2.05) is 0 Å². The summed E-state index contributed by atoms with van der Waals surface area (Å²) in [5.41, 5.74) is 0.277. The van der Waals surface area contributed by atoms with E-state index in [-0.39, 0.29) is 22.3 Å². The Labute approximate surface area is 125 Å². The van der Waals surface area contributed by atoms with Gasteiger partial charge >= 0.3 is 23.9 Å². The smallest absolute Gasteiger partial charge is 0.346 e. The fraction of sp³-hybridized carbons (Fsp3) is 0.200. The first-order chi connectivity index (χ1) is 10.3. The highest BCUT2D eigenvalue weighted by Gasteiger charge is 2.30. The molecule has 7 heteroatoms. The van der Waals surface area contributed by atoms with Crippen molar-refractivity contribution in [3.63, 3.8) is 0 Å². The molecule has 114 valence electrons. The summed E-state index contributed by atoms with van der Waals surface area (Å²) in [5.74, 6) is -3.08. The Morgan fingerprint density at radius 3 is 2.41 bits per heavy atom. The predicted molar refractivity (Wildman–Crippen MR) is 72.0 cm³/mol. The number of cyclic esters (lactones) is 2. The molecule has 1 aromatic carbocycles. The molecule has 7 nitrogen and oxygen atoms in total. The van der Waals surface area contributed by atoms with Gasteiger partial charge < -0.3 is 14.2 Å². The number of fused-ring (bicyclic) bond motifs is 1. The molecule has 22 heavy (non-hydrogen) atoms. The maximum absolute atomic E-state index is 11.9. The van der Waals surface area contributed by atoms with Crippen molar-refractivity contribution in [2.45, 2.75) is 20.1 Å². The molecule has 0 aliphatic carbocycles. The topological polar surface area (TPSA) is 96.0 Å². The minimum atomic E-state index is -1.13. The second-order valence-corrected chi connectivity index (χ2v) is 4.60. The first-order valence-electron chi connectivity index (χ1n) is 6.27. The van der Waals surface area contributed by atoms with Gasteiger partial charge in [-0.3, -0.25) is 0 Å². The third-order valence-corrected chi connectivity index (χ3v) is 2.77. The number of esters is 4. The Kier molecular flexibility index (Phi) is 4.07. The highest BCUT2D eigenvalue weighted by atomic mass is 16.7. The van der Waals surface area contributed by atoms with Crippen molar-refractivity contribution in [3.05, 3.63) is 47.0 Å². The van der Waals surface area contributed by atoms with E-state index in [9.17, 15) is 19.2 Å². The molecule has 0 spiro atoms. The quantitative estimate of drug-likeness (QED) is 0.361. The highest BCUT2D eigenvalue weighted by molar-refractivity contribution is 6.15. The van der Waals surface area contributed by atoms with Crippen LogP contribution in [-0.2, 0) is 19.0 Å². The van der Waals surface area contributed by atoms with Crippen molar-refractivity contribution in [3.8, 4) is 0 Å². The first kappa shape index (κ1) is 15.4. The summed E-state index contributed by atoms with van der Waals surface area (Å²) in [6.45, 7) is 6.23. The van der Waals surface area contributed by atoms with E-state index in [1.54, 1.807) is 0 Å². The second kappa shape index (κ2) is 5.80. The molecule has 1 atom stereocenters. The third-order valence-electron chi connectivity index (χ3n) is 2.77. The number of ether oxygens (including phenoxy) is 3. The molecule has 2 rings (SSSR count). The minimum absolute atomic E-state index is 0.00830. The second-order valence-electron chi connectivity index (χ2n) is 4.60. The zero-order valence-corrected chi connectivity index (χ0v) is 11.9. The van der Waals surface area contributed by atoms with Crippen LogP contribution in [-0.4, -0.2) is 30.2 Å². The molecule has 0 fully saturated rings. The van der Waals surface area contributed by atoms with Crippen LogP contribution in [0.3, 0.4) is 0 Å². The molecule has 0 bridgehead atoms. The zero-order chi connectivity index (χ0) is 16.4. The van der Waals surface area contributed by atoms with Crippen LogP contribution in [0.4, 0.5) is 0 Å². The van der Waals surface area contributed by atoms with Crippen LogP contribution in [0.15, 0.2) is 30.4 Å². The molecular formula is C15H12O7. The maximum Gasteiger partial charge on any atom is 0.346 e. The Morgan fingerprint density at radius 1 is 1.14 bits per heavy atom. The Morgan fingerprint density at radius 2 is 1.77 bits per heavy atom. The third kappa shape index (κ3) is 3.03. The fourth-order valence-electron chi connectivity index (χ4n) is 1.71. The summed E-state index contributed by atoms with van der Waals surface area (Å²) < 4.78 is 14.1. The van der Waals surface area contributed by atoms with E-state index in [0.717, 1.165) is 0 Å². The fourth-order valence-corrected chi connectivity index (χ4v) is 1.71. The Balaban J connectivity index is 2.09. The van der Waals surface area contributed by atoms with Crippen molar-refractivity contribution in [2.75, 3.05) is 0 Å². The first-order valence-corrected chi connectivity index (χ1v) is 6.27. The zero-order valence-electron chi connectivity index (χ0n) is 11.9. The molecule has 1 aromatic rings. The highest BCUT2D eigenvalue weighted by Crippen LogP contribution is 2.21. The van der Waals surface area contributed by atoms with Crippen LogP contribution in [0.5, 0.6) is 0 Å². The summed E-state index contributed by atoms with van der Waals surface area (Å²) in [4.78, 5) is 45.9. The number of carbonyl (C=O) groups is 4. The molecule has 1 heterocycles. The van der Waals surface area contributed by atoms with Crippen molar-refractivity contribution in [1.29, 1.82) is 0 Å². The minimum Gasteiger partial charge on any atom is -0.422 e. The van der Waals surface area contributed by atoms with Gasteiger partial charge in [0, 0.05) is 12.5 Å². The molecule has 0 amide bonds. The van der Waals surface area contributed by atoms with Crippen LogP contribution in [0.1, 0.15) is 44.9 Å². The van der Waals surface area contributed by atoms with Gasteiger partial charge in [0.2, 0.25) is 6.29 Å².